The second kappa shape index (κ2) is 30.0. The highest BCUT2D eigenvalue weighted by Crippen LogP contribution is 2.57. The van der Waals surface area contributed by atoms with E-state index in [1.54, 1.807) is 13.8 Å². The van der Waals surface area contributed by atoms with Gasteiger partial charge in [0.25, 0.3) is 0 Å². The molecular weight excluding hydrogens is 1310 g/mol. The summed E-state index contributed by atoms with van der Waals surface area (Å²) in [4.78, 5) is 143. The molecule has 0 aromatic carbocycles. The number of hydrogen-bond donors (Lipinski definition) is 0. The Labute approximate surface area is 596 Å². The molecule has 0 amide bonds. The maximum absolute atomic E-state index is 12.6. The van der Waals surface area contributed by atoms with Gasteiger partial charge in [0.15, 0.2) is 0 Å². The average molecular weight is 1430 g/mol. The zero-order valence-electron chi connectivity index (χ0n) is 63.7. The SMILES string of the molecule is CCC(C)(C)C(=O)OC(C)(C)C(=O)OC1C2CC3C(=O)OC1C3C2.CCC(C)(C)C(=O)OC1(C)CCC2CC1(C)OC2=O.CCC(C)(C)C(=O)OC1CCC2CC1(C)OC2=O.CCC(C)(C)C(=O)OC1CCC2CC1OC2=O.CCC(C)(C)C(=O)OCCC(=O)OC1C2CC3C(=O)OC1C3C2. The highest BCUT2D eigenvalue weighted by Gasteiger charge is 2.66. The molecule has 0 radical (unpaired) electrons. The summed E-state index contributed by atoms with van der Waals surface area (Å²) in [6, 6.07) is 0. The number of carbonyl (C=O) groups excluding carboxylic acids is 12. The minimum atomic E-state index is -1.37. The fourth-order valence-electron chi connectivity index (χ4n) is 15.4. The first kappa shape index (κ1) is 80.3. The Hall–Kier alpha value is -6.36. The summed E-state index contributed by atoms with van der Waals surface area (Å²) < 4.78 is 65.6. The monoisotopic (exact) mass is 1420 g/mol. The third-order valence-corrected chi connectivity index (χ3v) is 25.2. The van der Waals surface area contributed by atoms with Crippen LogP contribution in [-0.2, 0) is 114 Å². The molecule has 19 atom stereocenters. The Morgan fingerprint density at radius 3 is 1.48 bits per heavy atom. The Morgan fingerprint density at radius 1 is 0.455 bits per heavy atom. The van der Waals surface area contributed by atoms with Gasteiger partial charge in [-0.3, -0.25) is 52.7 Å². The Morgan fingerprint density at radius 2 is 0.931 bits per heavy atom. The molecule has 568 valence electrons. The highest BCUT2D eigenvalue weighted by molar-refractivity contribution is 5.85. The third kappa shape index (κ3) is 16.9. The molecule has 12 fully saturated rings. The summed E-state index contributed by atoms with van der Waals surface area (Å²) >= 11 is 0. The topological polar surface area (TPSA) is 316 Å². The van der Waals surface area contributed by atoms with E-state index >= 15 is 0 Å². The molecule has 7 saturated carbocycles. The maximum Gasteiger partial charge on any atom is 0.350 e. The first-order chi connectivity index (χ1) is 46.7. The molecule has 0 aromatic heterocycles. The van der Waals surface area contributed by atoms with Gasteiger partial charge >= 0.3 is 71.6 Å². The number of rotatable bonds is 20. The largest absolute Gasteiger partial charge is 0.465 e. The van der Waals surface area contributed by atoms with Crippen molar-refractivity contribution < 1.29 is 114 Å². The molecule has 12 aliphatic rings. The molecule has 0 aromatic rings. The maximum atomic E-state index is 12.6. The summed E-state index contributed by atoms with van der Waals surface area (Å²) in [7, 11) is 0. The molecule has 24 heteroatoms. The third-order valence-electron chi connectivity index (χ3n) is 25.2. The van der Waals surface area contributed by atoms with Gasteiger partial charge in [0.1, 0.15) is 66.1 Å². The smallest absolute Gasteiger partial charge is 0.350 e. The zero-order valence-corrected chi connectivity index (χ0v) is 63.7. The fraction of sp³-hybridized carbons (Fsp3) is 0.844. The van der Waals surface area contributed by atoms with E-state index in [0.717, 1.165) is 77.0 Å². The summed E-state index contributed by atoms with van der Waals surface area (Å²) in [5.74, 6) is -2.22. The second-order valence-corrected chi connectivity index (χ2v) is 34.9. The lowest BCUT2D eigenvalue weighted by Gasteiger charge is -2.45. The van der Waals surface area contributed by atoms with Gasteiger partial charge < -0.3 is 56.8 Å². The van der Waals surface area contributed by atoms with E-state index in [4.69, 9.17) is 56.8 Å². The molecular formula is C77H116O24. The normalized spacial score (nSPS) is 34.8. The molecule has 7 aliphatic carbocycles. The quantitative estimate of drug-likeness (QED) is 0.0807. The molecule has 12 rings (SSSR count). The molecule has 0 spiro atoms. The number of fused-ring (bicyclic) bond motifs is 8. The van der Waals surface area contributed by atoms with Crippen molar-refractivity contribution in [2.45, 2.75) is 326 Å². The van der Waals surface area contributed by atoms with E-state index in [2.05, 4.69) is 0 Å². The fourth-order valence-corrected chi connectivity index (χ4v) is 15.4. The predicted molar refractivity (Wildman–Crippen MR) is 360 cm³/mol. The van der Waals surface area contributed by atoms with Crippen molar-refractivity contribution in [2.75, 3.05) is 6.61 Å². The first-order valence-corrected chi connectivity index (χ1v) is 37.3. The Balaban J connectivity index is 0.000000161. The molecule has 24 nitrogen and oxygen atoms in total. The minimum absolute atomic E-state index is 0.00383. The van der Waals surface area contributed by atoms with Crippen molar-refractivity contribution in [3.63, 3.8) is 0 Å². The van der Waals surface area contributed by atoms with Crippen molar-refractivity contribution in [2.24, 2.45) is 80.3 Å². The zero-order chi connectivity index (χ0) is 75.3. The van der Waals surface area contributed by atoms with E-state index in [1.165, 1.54) is 13.8 Å². The highest BCUT2D eigenvalue weighted by atomic mass is 16.6. The van der Waals surface area contributed by atoms with Crippen LogP contribution < -0.4 is 0 Å². The van der Waals surface area contributed by atoms with Gasteiger partial charge in [-0.25, -0.2) is 4.79 Å². The summed E-state index contributed by atoms with van der Waals surface area (Å²) in [5.41, 5.74) is -5.99. The van der Waals surface area contributed by atoms with Crippen molar-refractivity contribution in [3.8, 4) is 0 Å². The molecule has 5 heterocycles. The predicted octanol–water partition coefficient (Wildman–Crippen LogP) is 11.4. The van der Waals surface area contributed by atoms with Crippen LogP contribution in [0.1, 0.15) is 260 Å². The lowest BCUT2D eigenvalue weighted by molar-refractivity contribution is -0.204. The second-order valence-electron chi connectivity index (χ2n) is 34.9. The van der Waals surface area contributed by atoms with Gasteiger partial charge in [0.2, 0.25) is 5.60 Å². The lowest BCUT2D eigenvalue weighted by Crippen LogP contribution is -2.55. The van der Waals surface area contributed by atoms with Gasteiger partial charge in [0.05, 0.1) is 63.1 Å². The van der Waals surface area contributed by atoms with Crippen molar-refractivity contribution in [1.82, 2.24) is 0 Å². The standard InChI is InChI=1S/C18H26O6.C17H24O6.C15H24O4.C14H22O4.C13H20O4/c1-6-17(2,3)15(20)24-18(4,5)16(21)23-12-9-7-10-11(8-9)14(19)22-13(10)12;1-4-17(2,3)16(20)21-6-5-12(18)22-13-9-7-10-11(8-9)15(19)23-14(10)13;1-6-13(2,3)12(17)19-14(4)8-7-10-9-15(14,5)18-11(10)16;1-5-13(2,3)12(16)17-10-7-6-9-8-14(10,4)18-11(9)15;1-4-13(2,3)12(15)17-9-6-5-8-7-10(9)16-11(8)14/h9-13H,6-8H2,1-5H3;9-11,13-14H,4-8H2,1-3H3;10H,6-9H2,1-5H3;9-10H,5-8H2,1-4H3;8-10H,4-7H2,1-3H3. The molecule has 5 saturated heterocycles. The van der Waals surface area contributed by atoms with E-state index < -0.39 is 73.5 Å². The van der Waals surface area contributed by atoms with Crippen molar-refractivity contribution in [1.29, 1.82) is 0 Å². The van der Waals surface area contributed by atoms with Crippen LogP contribution in [0, 0.1) is 80.3 Å². The first-order valence-electron chi connectivity index (χ1n) is 37.3. The molecule has 0 N–H and O–H groups in total. The van der Waals surface area contributed by atoms with Crippen LogP contribution >= 0.6 is 0 Å². The number of carbonyl (C=O) groups is 12. The van der Waals surface area contributed by atoms with Crippen LogP contribution in [0.5, 0.6) is 0 Å². The summed E-state index contributed by atoms with van der Waals surface area (Å²) in [5, 5.41) is 0. The number of hydrogen-bond acceptors (Lipinski definition) is 24. The number of esters is 12. The molecule has 101 heavy (non-hydrogen) atoms. The molecule has 5 aliphatic heterocycles. The Bertz CT molecular complexity index is 3170. The molecule has 19 unspecified atom stereocenters. The van der Waals surface area contributed by atoms with Crippen LogP contribution in [-0.4, -0.2) is 143 Å². The van der Waals surface area contributed by atoms with Crippen molar-refractivity contribution in [3.05, 3.63) is 0 Å². The van der Waals surface area contributed by atoms with Gasteiger partial charge in [-0.2, -0.15) is 0 Å². The van der Waals surface area contributed by atoms with Crippen LogP contribution in [0.4, 0.5) is 0 Å². The van der Waals surface area contributed by atoms with E-state index in [-0.39, 0.29) is 157 Å². The van der Waals surface area contributed by atoms with Crippen LogP contribution in [0.15, 0.2) is 0 Å². The van der Waals surface area contributed by atoms with E-state index in [9.17, 15) is 57.5 Å². The van der Waals surface area contributed by atoms with Gasteiger partial charge in [0, 0.05) is 42.9 Å². The van der Waals surface area contributed by atoms with Gasteiger partial charge in [-0.1, -0.05) is 34.6 Å². The Kier molecular flexibility index (Phi) is 23.9. The van der Waals surface area contributed by atoms with Crippen molar-refractivity contribution >= 4 is 71.6 Å². The molecule has 10 bridgehead atoms. The van der Waals surface area contributed by atoms with Crippen LogP contribution in [0.25, 0.3) is 0 Å². The van der Waals surface area contributed by atoms with Gasteiger partial charge in [-0.05, 0) is 200 Å². The summed E-state index contributed by atoms with van der Waals surface area (Å²) in [6.45, 7) is 36.9. The number of ether oxygens (including phenoxy) is 12. The minimum Gasteiger partial charge on any atom is -0.465 e. The van der Waals surface area contributed by atoms with E-state index in [0.29, 0.717) is 38.5 Å². The summed E-state index contributed by atoms with van der Waals surface area (Å²) in [6.07, 6.45) is 11.2. The van der Waals surface area contributed by atoms with Crippen LogP contribution in [0.2, 0.25) is 0 Å². The van der Waals surface area contributed by atoms with Gasteiger partial charge in [-0.15, -0.1) is 0 Å². The van der Waals surface area contributed by atoms with E-state index in [1.807, 2.05) is 111 Å². The average Bonchev–Trinajstić information content (AvgIpc) is 1.59. The lowest BCUT2D eigenvalue weighted by atomic mass is 9.71. The van der Waals surface area contributed by atoms with Crippen LogP contribution in [0.3, 0.4) is 0 Å².